The molecule has 3 nitrogen and oxygen atoms in total. The normalized spacial score (nSPS) is 21.8. The van der Waals surface area contributed by atoms with E-state index in [-0.39, 0.29) is 12.0 Å². The van der Waals surface area contributed by atoms with E-state index in [2.05, 4.69) is 4.90 Å². The van der Waals surface area contributed by atoms with Crippen LogP contribution in [0.2, 0.25) is 0 Å². The summed E-state index contributed by atoms with van der Waals surface area (Å²) < 4.78 is 0. The molecular weight excluding hydrogens is 186 g/mol. The summed E-state index contributed by atoms with van der Waals surface area (Å²) >= 11 is 1.92. The third-order valence-electron chi connectivity index (χ3n) is 2.85. The topological polar surface area (TPSA) is 40.5 Å². The van der Waals surface area contributed by atoms with Crippen molar-refractivity contribution in [3.8, 4) is 0 Å². The van der Waals surface area contributed by atoms with Crippen molar-refractivity contribution < 1.29 is 9.90 Å². The number of rotatable bonds is 3. The Hall–Kier alpha value is -0.220. The average molecular weight is 203 g/mol. The molecule has 0 unspecified atom stereocenters. The molecule has 13 heavy (non-hydrogen) atoms. The predicted octanol–water partition coefficient (Wildman–Crippen LogP) is 1.29. The van der Waals surface area contributed by atoms with Gasteiger partial charge in [-0.3, -0.25) is 4.79 Å². The zero-order valence-corrected chi connectivity index (χ0v) is 9.06. The van der Waals surface area contributed by atoms with Crippen LogP contribution in [-0.4, -0.2) is 47.1 Å². The molecule has 1 aliphatic heterocycles. The molecule has 0 saturated carbocycles. The number of carboxylic acids is 1. The lowest BCUT2D eigenvalue weighted by atomic mass is 9.87. The van der Waals surface area contributed by atoms with Gasteiger partial charge in [-0.1, -0.05) is 0 Å². The molecule has 1 N–H and O–H groups in total. The summed E-state index contributed by atoms with van der Waals surface area (Å²) in [5.41, 5.74) is -0.0862. The Balaban J connectivity index is 2.67. The van der Waals surface area contributed by atoms with Gasteiger partial charge in [0.25, 0.3) is 0 Å². The minimum atomic E-state index is -0.680. The van der Waals surface area contributed by atoms with Crippen LogP contribution in [0.5, 0.6) is 0 Å². The van der Waals surface area contributed by atoms with Crippen LogP contribution >= 0.6 is 11.8 Å². The van der Waals surface area contributed by atoms with E-state index in [1.807, 2.05) is 25.9 Å². The molecule has 0 aliphatic carbocycles. The zero-order chi connectivity index (χ0) is 9.90. The van der Waals surface area contributed by atoms with Crippen molar-refractivity contribution in [2.75, 3.05) is 25.6 Å². The van der Waals surface area contributed by atoms with Gasteiger partial charge in [0.05, 0.1) is 6.42 Å². The van der Waals surface area contributed by atoms with E-state index >= 15 is 0 Å². The smallest absolute Gasteiger partial charge is 0.305 e. The lowest BCUT2D eigenvalue weighted by Crippen LogP contribution is -2.48. The molecule has 76 valence electrons. The van der Waals surface area contributed by atoms with Gasteiger partial charge in [-0.25, -0.2) is 0 Å². The zero-order valence-electron chi connectivity index (χ0n) is 8.25. The van der Waals surface area contributed by atoms with E-state index in [9.17, 15) is 4.79 Å². The van der Waals surface area contributed by atoms with Crippen LogP contribution in [0.15, 0.2) is 0 Å². The summed E-state index contributed by atoms with van der Waals surface area (Å²) in [6.45, 7) is 0. The Kier molecular flexibility index (Phi) is 3.62. The number of carboxylic acid groups (broad SMARTS) is 1. The summed E-state index contributed by atoms with van der Waals surface area (Å²) in [7, 11) is 3.97. The number of thioether (sulfide) groups is 1. The highest BCUT2D eigenvalue weighted by atomic mass is 32.2. The molecule has 0 radical (unpaired) electrons. The maximum Gasteiger partial charge on any atom is 0.305 e. The van der Waals surface area contributed by atoms with Crippen molar-refractivity contribution in [1.82, 2.24) is 4.90 Å². The number of hydrogen-bond donors (Lipinski definition) is 1. The molecule has 0 aromatic heterocycles. The predicted molar refractivity (Wildman–Crippen MR) is 55.2 cm³/mol. The standard InChI is InChI=1S/C9H17NO2S/c1-10(2)9(7-8(11)12)3-5-13-6-4-9/h3-7H2,1-2H3,(H,11,12). The quantitative estimate of drug-likeness (QED) is 0.750. The molecule has 0 aromatic rings. The van der Waals surface area contributed by atoms with E-state index in [1.165, 1.54) is 0 Å². The molecule has 1 fully saturated rings. The van der Waals surface area contributed by atoms with Crippen LogP contribution in [0.3, 0.4) is 0 Å². The van der Waals surface area contributed by atoms with Crippen LogP contribution in [0.25, 0.3) is 0 Å². The lowest BCUT2D eigenvalue weighted by Gasteiger charge is -2.41. The summed E-state index contributed by atoms with van der Waals surface area (Å²) in [5.74, 6) is 1.50. The van der Waals surface area contributed by atoms with E-state index in [0.29, 0.717) is 0 Å². The number of hydrogen-bond acceptors (Lipinski definition) is 3. The second-order valence-electron chi connectivity index (χ2n) is 3.80. The van der Waals surface area contributed by atoms with Gasteiger partial charge in [0, 0.05) is 5.54 Å². The van der Waals surface area contributed by atoms with Gasteiger partial charge in [-0.2, -0.15) is 11.8 Å². The highest BCUT2D eigenvalue weighted by Crippen LogP contribution is 2.33. The van der Waals surface area contributed by atoms with E-state index in [1.54, 1.807) is 0 Å². The number of aliphatic carboxylic acids is 1. The number of nitrogens with zero attached hydrogens (tertiary/aromatic N) is 1. The van der Waals surface area contributed by atoms with Gasteiger partial charge in [0.15, 0.2) is 0 Å². The van der Waals surface area contributed by atoms with Gasteiger partial charge in [0.1, 0.15) is 0 Å². The summed E-state index contributed by atoms with van der Waals surface area (Å²) in [6, 6.07) is 0. The Bertz CT molecular complexity index is 188. The van der Waals surface area contributed by atoms with Crippen molar-refractivity contribution in [3.63, 3.8) is 0 Å². The molecular formula is C9H17NO2S. The van der Waals surface area contributed by atoms with Crippen molar-refractivity contribution in [1.29, 1.82) is 0 Å². The Labute approximate surface area is 83.5 Å². The van der Waals surface area contributed by atoms with Gasteiger partial charge in [0.2, 0.25) is 0 Å². The number of carbonyl (C=O) groups is 1. The summed E-state index contributed by atoms with van der Waals surface area (Å²) in [5, 5.41) is 8.85. The fourth-order valence-electron chi connectivity index (χ4n) is 1.81. The molecule has 0 spiro atoms. The van der Waals surface area contributed by atoms with E-state index < -0.39 is 5.97 Å². The van der Waals surface area contributed by atoms with Crippen LogP contribution < -0.4 is 0 Å². The third kappa shape index (κ3) is 2.61. The van der Waals surface area contributed by atoms with E-state index in [0.717, 1.165) is 24.3 Å². The maximum atomic E-state index is 10.7. The molecule has 1 saturated heterocycles. The van der Waals surface area contributed by atoms with Gasteiger partial charge >= 0.3 is 5.97 Å². The van der Waals surface area contributed by atoms with Crippen LogP contribution in [0.4, 0.5) is 0 Å². The van der Waals surface area contributed by atoms with Crippen LogP contribution in [-0.2, 0) is 4.79 Å². The first-order valence-electron chi connectivity index (χ1n) is 4.54. The van der Waals surface area contributed by atoms with Crippen molar-refractivity contribution in [3.05, 3.63) is 0 Å². The first kappa shape index (κ1) is 10.9. The van der Waals surface area contributed by atoms with Crippen molar-refractivity contribution in [2.45, 2.75) is 24.8 Å². The second-order valence-corrected chi connectivity index (χ2v) is 5.03. The second kappa shape index (κ2) is 4.33. The monoisotopic (exact) mass is 203 g/mol. The summed E-state index contributed by atoms with van der Waals surface area (Å²) in [4.78, 5) is 12.8. The Morgan fingerprint density at radius 3 is 2.38 bits per heavy atom. The molecule has 0 bridgehead atoms. The molecule has 1 rings (SSSR count). The third-order valence-corrected chi connectivity index (χ3v) is 3.84. The fraction of sp³-hybridized carbons (Fsp3) is 0.889. The first-order valence-corrected chi connectivity index (χ1v) is 5.69. The molecule has 1 heterocycles. The van der Waals surface area contributed by atoms with Gasteiger partial charge in [-0.05, 0) is 38.4 Å². The minimum absolute atomic E-state index is 0.0862. The SMILES string of the molecule is CN(C)C1(CC(=O)O)CCSCC1. The van der Waals surface area contributed by atoms with Crippen LogP contribution in [0, 0.1) is 0 Å². The Morgan fingerprint density at radius 1 is 1.46 bits per heavy atom. The van der Waals surface area contributed by atoms with Gasteiger partial charge in [-0.15, -0.1) is 0 Å². The van der Waals surface area contributed by atoms with Crippen LogP contribution in [0.1, 0.15) is 19.3 Å². The highest BCUT2D eigenvalue weighted by Gasteiger charge is 2.36. The van der Waals surface area contributed by atoms with Crippen molar-refractivity contribution >= 4 is 17.7 Å². The largest absolute Gasteiger partial charge is 0.481 e. The Morgan fingerprint density at radius 2 is 2.00 bits per heavy atom. The van der Waals surface area contributed by atoms with Crippen molar-refractivity contribution in [2.24, 2.45) is 0 Å². The first-order chi connectivity index (χ1) is 6.07. The molecule has 0 aromatic carbocycles. The lowest BCUT2D eigenvalue weighted by molar-refractivity contribution is -0.140. The molecule has 4 heteroatoms. The van der Waals surface area contributed by atoms with E-state index in [4.69, 9.17) is 5.11 Å². The molecule has 1 aliphatic rings. The fourth-order valence-corrected chi connectivity index (χ4v) is 3.07. The molecule has 0 amide bonds. The summed E-state index contributed by atoms with van der Waals surface area (Å²) in [6.07, 6.45) is 2.27. The average Bonchev–Trinajstić information content (AvgIpc) is 2.04. The van der Waals surface area contributed by atoms with Gasteiger partial charge < -0.3 is 10.0 Å². The molecule has 0 atom stereocenters. The maximum absolute atomic E-state index is 10.7. The minimum Gasteiger partial charge on any atom is -0.481 e. The highest BCUT2D eigenvalue weighted by molar-refractivity contribution is 7.99.